The summed E-state index contributed by atoms with van der Waals surface area (Å²) < 4.78 is 31.0. The van der Waals surface area contributed by atoms with Gasteiger partial charge in [0.15, 0.2) is 12.4 Å². The number of sulfonamides is 1. The van der Waals surface area contributed by atoms with Crippen molar-refractivity contribution in [2.45, 2.75) is 34.1 Å². The van der Waals surface area contributed by atoms with Crippen LogP contribution >= 0.6 is 0 Å². The van der Waals surface area contributed by atoms with Gasteiger partial charge in [0, 0.05) is 12.1 Å². The van der Waals surface area contributed by atoms with Gasteiger partial charge in [0.1, 0.15) is 0 Å². The van der Waals surface area contributed by atoms with Crippen molar-refractivity contribution in [3.8, 4) is 0 Å². The third kappa shape index (κ3) is 4.19. The zero-order valence-electron chi connectivity index (χ0n) is 17.1. The Hall–Kier alpha value is -2.67. The minimum Gasteiger partial charge on any atom is -0.454 e. The number of nitrogens with zero attached hydrogens (tertiary/aromatic N) is 1. The SMILES string of the molecule is CCS(=O)(=O)N1CCc2cc(C(=O)COC(=O)c3c(C)cc(C)cc3C)ccc21. The van der Waals surface area contributed by atoms with Crippen LogP contribution in [0.1, 0.15) is 49.9 Å². The lowest BCUT2D eigenvalue weighted by molar-refractivity contribution is 0.0473. The summed E-state index contributed by atoms with van der Waals surface area (Å²) >= 11 is 0. The van der Waals surface area contributed by atoms with Crippen molar-refractivity contribution < 1.29 is 22.7 Å². The van der Waals surface area contributed by atoms with Gasteiger partial charge in [-0.1, -0.05) is 17.7 Å². The molecule has 0 saturated heterocycles. The largest absolute Gasteiger partial charge is 0.454 e. The van der Waals surface area contributed by atoms with Gasteiger partial charge in [-0.05, 0) is 69.0 Å². The first-order chi connectivity index (χ1) is 13.6. The van der Waals surface area contributed by atoms with Gasteiger partial charge >= 0.3 is 5.97 Å². The maximum absolute atomic E-state index is 12.5. The van der Waals surface area contributed by atoms with Crippen LogP contribution < -0.4 is 4.31 Å². The van der Waals surface area contributed by atoms with Crippen LogP contribution in [-0.4, -0.2) is 39.1 Å². The van der Waals surface area contributed by atoms with Gasteiger partial charge in [0.25, 0.3) is 0 Å². The van der Waals surface area contributed by atoms with E-state index in [0.717, 1.165) is 22.3 Å². The molecule has 0 amide bonds. The molecule has 0 N–H and O–H groups in total. The van der Waals surface area contributed by atoms with E-state index in [1.54, 1.807) is 25.1 Å². The molecule has 29 heavy (non-hydrogen) atoms. The summed E-state index contributed by atoms with van der Waals surface area (Å²) in [7, 11) is -3.33. The number of Topliss-reactive ketones (excluding diaryl/α,β-unsaturated/α-hetero) is 1. The first-order valence-electron chi connectivity index (χ1n) is 9.55. The molecule has 0 fully saturated rings. The molecule has 0 spiro atoms. The quantitative estimate of drug-likeness (QED) is 0.534. The molecule has 0 bridgehead atoms. The number of hydrogen-bond acceptors (Lipinski definition) is 5. The van der Waals surface area contributed by atoms with Gasteiger partial charge in [0.2, 0.25) is 10.0 Å². The lowest BCUT2D eigenvalue weighted by atomic mass is 10.00. The Bertz CT molecular complexity index is 1070. The fraction of sp³-hybridized carbons (Fsp3) is 0.364. The zero-order valence-corrected chi connectivity index (χ0v) is 17.9. The third-order valence-corrected chi connectivity index (χ3v) is 6.95. The number of benzene rings is 2. The van der Waals surface area contributed by atoms with Crippen LogP contribution in [0.3, 0.4) is 0 Å². The minimum atomic E-state index is -3.33. The van der Waals surface area contributed by atoms with Crippen molar-refractivity contribution in [2.24, 2.45) is 0 Å². The summed E-state index contributed by atoms with van der Waals surface area (Å²) in [5.41, 5.74) is 5.01. The number of anilines is 1. The Morgan fingerprint density at radius 1 is 1.07 bits per heavy atom. The first-order valence-corrected chi connectivity index (χ1v) is 11.2. The minimum absolute atomic E-state index is 0.0287. The van der Waals surface area contributed by atoms with Crippen molar-refractivity contribution in [3.63, 3.8) is 0 Å². The van der Waals surface area contributed by atoms with Crippen molar-refractivity contribution in [2.75, 3.05) is 23.2 Å². The van der Waals surface area contributed by atoms with Gasteiger partial charge in [-0.3, -0.25) is 9.10 Å². The number of fused-ring (bicyclic) bond motifs is 1. The molecule has 2 aromatic rings. The van der Waals surface area contributed by atoms with E-state index in [1.807, 2.05) is 32.9 Å². The maximum Gasteiger partial charge on any atom is 0.339 e. The van der Waals surface area contributed by atoms with E-state index in [9.17, 15) is 18.0 Å². The van der Waals surface area contributed by atoms with E-state index >= 15 is 0 Å². The molecule has 0 atom stereocenters. The fourth-order valence-corrected chi connectivity index (χ4v) is 4.94. The summed E-state index contributed by atoms with van der Waals surface area (Å²) in [6.07, 6.45) is 0.553. The van der Waals surface area contributed by atoms with E-state index in [4.69, 9.17) is 4.74 Å². The Kier molecular flexibility index (Phi) is 5.80. The van der Waals surface area contributed by atoms with E-state index in [1.165, 1.54) is 4.31 Å². The Balaban J connectivity index is 1.72. The summed E-state index contributed by atoms with van der Waals surface area (Å²) in [6.45, 7) is 7.27. The molecule has 6 nitrogen and oxygen atoms in total. The molecule has 3 rings (SSSR count). The molecule has 1 aliphatic rings. The lowest BCUT2D eigenvalue weighted by Crippen LogP contribution is -2.30. The smallest absolute Gasteiger partial charge is 0.339 e. The molecule has 154 valence electrons. The maximum atomic E-state index is 12.5. The highest BCUT2D eigenvalue weighted by Gasteiger charge is 2.28. The number of ether oxygens (including phenoxy) is 1. The second-order valence-electron chi connectivity index (χ2n) is 7.34. The number of ketones is 1. The molecule has 7 heteroatoms. The van der Waals surface area contributed by atoms with E-state index in [-0.39, 0.29) is 18.1 Å². The van der Waals surface area contributed by atoms with Gasteiger partial charge in [-0.25, -0.2) is 13.2 Å². The van der Waals surface area contributed by atoms with Crippen molar-refractivity contribution in [1.82, 2.24) is 0 Å². The van der Waals surface area contributed by atoms with E-state index < -0.39 is 16.0 Å². The Morgan fingerprint density at radius 3 is 2.34 bits per heavy atom. The molecule has 2 aromatic carbocycles. The van der Waals surface area contributed by atoms with Crippen molar-refractivity contribution >= 4 is 27.5 Å². The number of hydrogen-bond donors (Lipinski definition) is 0. The molecular weight excluding hydrogens is 390 g/mol. The predicted octanol–water partition coefficient (Wildman–Crippen LogP) is 3.36. The Labute approximate surface area is 171 Å². The van der Waals surface area contributed by atoms with Crippen LogP contribution in [0.2, 0.25) is 0 Å². The zero-order chi connectivity index (χ0) is 21.3. The highest BCUT2D eigenvalue weighted by Crippen LogP contribution is 2.31. The van der Waals surface area contributed by atoms with Crippen LogP contribution in [0.4, 0.5) is 5.69 Å². The number of carbonyl (C=O) groups is 2. The molecule has 0 aliphatic carbocycles. The molecule has 0 saturated carbocycles. The highest BCUT2D eigenvalue weighted by atomic mass is 32.2. The normalized spacial score (nSPS) is 13.3. The highest BCUT2D eigenvalue weighted by molar-refractivity contribution is 7.92. The molecular formula is C22H25NO5S. The van der Waals surface area contributed by atoms with Crippen molar-refractivity contribution in [3.05, 3.63) is 63.7 Å². The number of carbonyl (C=O) groups excluding carboxylic acids is 2. The van der Waals surface area contributed by atoms with Crippen LogP contribution in [0, 0.1) is 20.8 Å². The summed E-state index contributed by atoms with van der Waals surface area (Å²) in [6, 6.07) is 8.74. The molecule has 0 aromatic heterocycles. The van der Waals surface area contributed by atoms with Gasteiger partial charge in [-0.2, -0.15) is 0 Å². The first kappa shape index (κ1) is 21.0. The molecule has 1 heterocycles. The van der Waals surface area contributed by atoms with Gasteiger partial charge in [0.05, 0.1) is 17.0 Å². The monoisotopic (exact) mass is 415 g/mol. The third-order valence-electron chi connectivity index (χ3n) is 5.17. The average molecular weight is 416 g/mol. The summed E-state index contributed by atoms with van der Waals surface area (Å²) in [4.78, 5) is 25.0. The second-order valence-corrected chi connectivity index (χ2v) is 9.52. The fourth-order valence-electron chi connectivity index (χ4n) is 3.78. The topological polar surface area (TPSA) is 80.8 Å². The van der Waals surface area contributed by atoms with Crippen molar-refractivity contribution in [1.29, 1.82) is 0 Å². The second kappa shape index (κ2) is 7.99. The van der Waals surface area contributed by atoms with Crippen LogP contribution in [0.5, 0.6) is 0 Å². The van der Waals surface area contributed by atoms with Crippen LogP contribution in [0.25, 0.3) is 0 Å². The molecule has 0 unspecified atom stereocenters. The molecule has 1 aliphatic heterocycles. The standard InChI is InChI=1S/C22H25NO5S/c1-5-29(26,27)23-9-8-17-12-18(6-7-19(17)23)20(24)13-28-22(25)21-15(3)10-14(2)11-16(21)4/h6-7,10-12H,5,8-9,13H2,1-4H3. The van der Waals surface area contributed by atoms with E-state index in [2.05, 4.69) is 0 Å². The van der Waals surface area contributed by atoms with Crippen LogP contribution in [0.15, 0.2) is 30.3 Å². The average Bonchev–Trinajstić information content (AvgIpc) is 3.09. The van der Waals surface area contributed by atoms with E-state index in [0.29, 0.717) is 29.8 Å². The Morgan fingerprint density at radius 2 is 1.72 bits per heavy atom. The lowest BCUT2D eigenvalue weighted by Gasteiger charge is -2.18. The summed E-state index contributed by atoms with van der Waals surface area (Å²) in [5, 5.41) is 0. The van der Waals surface area contributed by atoms with Gasteiger partial charge in [-0.15, -0.1) is 0 Å². The number of rotatable bonds is 6. The molecule has 0 radical (unpaired) electrons. The number of aryl methyl sites for hydroxylation is 3. The van der Waals surface area contributed by atoms with Gasteiger partial charge < -0.3 is 4.74 Å². The number of esters is 1. The van der Waals surface area contributed by atoms with Crippen LogP contribution in [-0.2, 0) is 21.2 Å². The summed E-state index contributed by atoms with van der Waals surface area (Å²) in [5.74, 6) is -0.809. The predicted molar refractivity (Wildman–Crippen MR) is 112 cm³/mol.